The van der Waals surface area contributed by atoms with Crippen molar-refractivity contribution in [1.82, 2.24) is 0 Å². The summed E-state index contributed by atoms with van der Waals surface area (Å²) in [7, 11) is 0. The first-order chi connectivity index (χ1) is 11.7. The largest absolute Gasteiger partial charge is 0.494 e. The van der Waals surface area contributed by atoms with E-state index < -0.39 is 0 Å². The number of ether oxygens (including phenoxy) is 2. The van der Waals surface area contributed by atoms with Crippen molar-refractivity contribution >= 4 is 12.0 Å². The van der Waals surface area contributed by atoms with Gasteiger partial charge in [0.1, 0.15) is 5.75 Å². The molecule has 0 saturated carbocycles. The number of hydrogen-bond acceptors (Lipinski definition) is 3. The van der Waals surface area contributed by atoms with Crippen LogP contribution in [-0.4, -0.2) is 19.2 Å². The molecule has 1 aromatic carbocycles. The van der Waals surface area contributed by atoms with Crippen molar-refractivity contribution < 1.29 is 14.3 Å². The molecule has 24 heavy (non-hydrogen) atoms. The topological polar surface area (TPSA) is 35.5 Å². The molecule has 1 unspecified atom stereocenters. The van der Waals surface area contributed by atoms with E-state index in [0.29, 0.717) is 12.5 Å². The summed E-state index contributed by atoms with van der Waals surface area (Å²) in [5, 5.41) is 0. The second-order valence-corrected chi connectivity index (χ2v) is 6.15. The van der Waals surface area contributed by atoms with Crippen LogP contribution in [0, 0.1) is 5.92 Å². The van der Waals surface area contributed by atoms with Crippen molar-refractivity contribution in [3.8, 4) is 5.75 Å². The van der Waals surface area contributed by atoms with Crippen molar-refractivity contribution in [3.05, 3.63) is 35.9 Å². The molecule has 0 aromatic heterocycles. The molecule has 1 atom stereocenters. The molecule has 0 fully saturated rings. The van der Waals surface area contributed by atoms with Crippen LogP contribution < -0.4 is 4.74 Å². The number of unbranched alkanes of at least 4 members (excludes halogenated alkanes) is 2. The van der Waals surface area contributed by atoms with Crippen molar-refractivity contribution in [2.24, 2.45) is 5.92 Å². The Labute approximate surface area is 147 Å². The Hall–Kier alpha value is -1.77. The molecule has 0 saturated heterocycles. The summed E-state index contributed by atoms with van der Waals surface area (Å²) in [6.45, 7) is 7.71. The average molecular weight is 332 g/mol. The van der Waals surface area contributed by atoms with Crippen molar-refractivity contribution in [2.75, 3.05) is 13.2 Å². The van der Waals surface area contributed by atoms with Crippen LogP contribution in [0.2, 0.25) is 0 Å². The van der Waals surface area contributed by atoms with Crippen LogP contribution in [0.1, 0.15) is 64.9 Å². The molecule has 1 aromatic rings. The normalized spacial score (nSPS) is 12.3. The van der Waals surface area contributed by atoms with Crippen molar-refractivity contribution in [2.45, 2.75) is 59.3 Å². The van der Waals surface area contributed by atoms with E-state index in [1.54, 1.807) is 6.08 Å². The Bertz CT molecular complexity index is 494. The van der Waals surface area contributed by atoms with Gasteiger partial charge in [0.15, 0.2) is 0 Å². The molecule has 0 N–H and O–H groups in total. The molecule has 1 rings (SSSR count). The summed E-state index contributed by atoms with van der Waals surface area (Å²) in [4.78, 5) is 11.9. The van der Waals surface area contributed by atoms with Crippen LogP contribution in [-0.2, 0) is 9.53 Å². The zero-order valence-electron chi connectivity index (χ0n) is 15.4. The number of benzene rings is 1. The van der Waals surface area contributed by atoms with E-state index >= 15 is 0 Å². The Balaban J connectivity index is 2.44. The molecule has 0 aliphatic carbocycles. The summed E-state index contributed by atoms with van der Waals surface area (Å²) < 4.78 is 11.0. The standard InChI is InChI=1S/C21H32O3/c1-4-7-10-18(6-3)17-24-21(22)14-13-19-11-9-12-20(16-19)23-15-8-5-2/h9,11-14,16,18H,4-8,10,15,17H2,1-3H3. The Morgan fingerprint density at radius 1 is 1.17 bits per heavy atom. The molecule has 0 aliphatic heterocycles. The number of carbonyl (C=O) groups excluding carboxylic acids is 1. The fraction of sp³-hybridized carbons (Fsp3) is 0.571. The van der Waals surface area contributed by atoms with Crippen molar-refractivity contribution in [1.29, 1.82) is 0 Å². The van der Waals surface area contributed by atoms with Gasteiger partial charge in [-0.3, -0.25) is 0 Å². The summed E-state index contributed by atoms with van der Waals surface area (Å²) in [5.41, 5.74) is 0.943. The van der Waals surface area contributed by atoms with Gasteiger partial charge < -0.3 is 9.47 Å². The lowest BCUT2D eigenvalue weighted by molar-refractivity contribution is -0.139. The second kappa shape index (κ2) is 12.6. The van der Waals surface area contributed by atoms with E-state index in [0.717, 1.165) is 43.6 Å². The van der Waals surface area contributed by atoms with E-state index in [4.69, 9.17) is 9.47 Å². The van der Waals surface area contributed by atoms with Gasteiger partial charge in [0.25, 0.3) is 0 Å². The molecule has 0 amide bonds. The summed E-state index contributed by atoms with van der Waals surface area (Å²) in [6, 6.07) is 7.76. The van der Waals surface area contributed by atoms with Crippen LogP contribution in [0.3, 0.4) is 0 Å². The predicted molar refractivity (Wildman–Crippen MR) is 100 cm³/mol. The molecule has 0 spiro atoms. The minimum Gasteiger partial charge on any atom is -0.494 e. The van der Waals surface area contributed by atoms with E-state index in [2.05, 4.69) is 20.8 Å². The van der Waals surface area contributed by atoms with E-state index in [9.17, 15) is 4.79 Å². The van der Waals surface area contributed by atoms with Gasteiger partial charge in [-0.15, -0.1) is 0 Å². The zero-order chi connectivity index (χ0) is 17.6. The van der Waals surface area contributed by atoms with Crippen LogP contribution in [0.15, 0.2) is 30.3 Å². The Morgan fingerprint density at radius 2 is 1.96 bits per heavy atom. The first kappa shape index (κ1) is 20.3. The third-order valence-corrected chi connectivity index (χ3v) is 4.04. The molecule has 0 aliphatic rings. The van der Waals surface area contributed by atoms with E-state index in [1.807, 2.05) is 24.3 Å². The maximum Gasteiger partial charge on any atom is 0.330 e. The lowest BCUT2D eigenvalue weighted by Crippen LogP contribution is -2.12. The summed E-state index contributed by atoms with van der Waals surface area (Å²) in [6.07, 6.45) is 9.98. The van der Waals surface area contributed by atoms with Gasteiger partial charge >= 0.3 is 5.97 Å². The van der Waals surface area contributed by atoms with E-state index in [-0.39, 0.29) is 5.97 Å². The molecule has 3 heteroatoms. The minimum absolute atomic E-state index is 0.276. The van der Waals surface area contributed by atoms with Gasteiger partial charge in [0, 0.05) is 6.08 Å². The molecular weight excluding hydrogens is 300 g/mol. The van der Waals surface area contributed by atoms with E-state index in [1.165, 1.54) is 18.9 Å². The quantitative estimate of drug-likeness (QED) is 0.282. The Morgan fingerprint density at radius 3 is 2.67 bits per heavy atom. The highest BCUT2D eigenvalue weighted by molar-refractivity contribution is 5.87. The van der Waals surface area contributed by atoms with Gasteiger partial charge in [-0.25, -0.2) is 4.79 Å². The van der Waals surface area contributed by atoms with Gasteiger partial charge in [0.2, 0.25) is 0 Å². The lowest BCUT2D eigenvalue weighted by Gasteiger charge is -2.13. The number of rotatable bonds is 12. The first-order valence-corrected chi connectivity index (χ1v) is 9.27. The maximum atomic E-state index is 11.9. The molecular formula is C21H32O3. The highest BCUT2D eigenvalue weighted by atomic mass is 16.5. The molecule has 0 bridgehead atoms. The van der Waals surface area contributed by atoms with Gasteiger partial charge in [0.05, 0.1) is 13.2 Å². The zero-order valence-corrected chi connectivity index (χ0v) is 15.4. The van der Waals surface area contributed by atoms with Crippen LogP contribution in [0.25, 0.3) is 6.08 Å². The number of esters is 1. The van der Waals surface area contributed by atoms with Crippen LogP contribution in [0.5, 0.6) is 5.75 Å². The van der Waals surface area contributed by atoms with Crippen LogP contribution in [0.4, 0.5) is 0 Å². The van der Waals surface area contributed by atoms with Gasteiger partial charge in [-0.1, -0.05) is 58.6 Å². The molecule has 0 radical (unpaired) electrons. The smallest absolute Gasteiger partial charge is 0.330 e. The Kier molecular flexibility index (Phi) is 10.7. The summed E-state index contributed by atoms with van der Waals surface area (Å²) >= 11 is 0. The van der Waals surface area contributed by atoms with Crippen molar-refractivity contribution in [3.63, 3.8) is 0 Å². The molecule has 3 nitrogen and oxygen atoms in total. The average Bonchev–Trinajstić information content (AvgIpc) is 2.61. The highest BCUT2D eigenvalue weighted by Gasteiger charge is 2.08. The molecule has 134 valence electrons. The summed E-state index contributed by atoms with van der Waals surface area (Å²) in [5.74, 6) is 1.03. The SMILES string of the molecule is CCCCOc1cccc(C=CC(=O)OCC(CC)CCCC)c1. The fourth-order valence-electron chi connectivity index (χ4n) is 2.35. The predicted octanol–water partition coefficient (Wildman–Crippen LogP) is 5.64. The van der Waals surface area contributed by atoms with Crippen LogP contribution >= 0.6 is 0 Å². The number of hydrogen-bond donors (Lipinski definition) is 0. The maximum absolute atomic E-state index is 11.9. The molecule has 0 heterocycles. The van der Waals surface area contributed by atoms with Gasteiger partial charge in [-0.05, 0) is 42.5 Å². The number of carbonyl (C=O) groups is 1. The third kappa shape index (κ3) is 8.76. The first-order valence-electron chi connectivity index (χ1n) is 9.27. The fourth-order valence-corrected chi connectivity index (χ4v) is 2.35. The third-order valence-electron chi connectivity index (χ3n) is 4.04. The second-order valence-electron chi connectivity index (χ2n) is 6.15. The lowest BCUT2D eigenvalue weighted by atomic mass is 10.0. The minimum atomic E-state index is -0.276. The van der Waals surface area contributed by atoms with Gasteiger partial charge in [-0.2, -0.15) is 0 Å². The highest BCUT2D eigenvalue weighted by Crippen LogP contribution is 2.16. The monoisotopic (exact) mass is 332 g/mol.